The van der Waals surface area contributed by atoms with Crippen molar-refractivity contribution in [3.63, 3.8) is 0 Å². The normalized spacial score (nSPS) is 15.0. The Morgan fingerprint density at radius 3 is 2.62 bits per heavy atom. The number of anilines is 1. The number of pyridine rings is 1. The smallest absolute Gasteiger partial charge is 0.352 e. The van der Waals surface area contributed by atoms with Gasteiger partial charge in [0.1, 0.15) is 5.82 Å². The maximum Gasteiger partial charge on any atom is 0.416 e. The lowest BCUT2D eigenvalue weighted by atomic mass is 9.97. The number of halogens is 3. The lowest BCUT2D eigenvalue weighted by molar-refractivity contribution is -0.137. The van der Waals surface area contributed by atoms with E-state index in [1.807, 2.05) is 25.1 Å². The molecule has 5 heteroatoms. The minimum absolute atomic E-state index is 0.566. The van der Waals surface area contributed by atoms with Gasteiger partial charge in [0.05, 0.1) is 5.56 Å². The van der Waals surface area contributed by atoms with Gasteiger partial charge in [-0.1, -0.05) is 12.1 Å². The first kappa shape index (κ1) is 13.9. The van der Waals surface area contributed by atoms with Gasteiger partial charge in [-0.3, -0.25) is 0 Å². The van der Waals surface area contributed by atoms with E-state index in [9.17, 15) is 13.2 Å². The van der Waals surface area contributed by atoms with Gasteiger partial charge in [-0.25, -0.2) is 4.98 Å². The molecule has 0 aliphatic carbocycles. The van der Waals surface area contributed by atoms with Gasteiger partial charge in [0.15, 0.2) is 0 Å². The minimum atomic E-state index is -4.27. The average molecular weight is 292 g/mol. The third kappa shape index (κ3) is 2.86. The van der Waals surface area contributed by atoms with Crippen molar-refractivity contribution in [2.24, 2.45) is 0 Å². The predicted molar refractivity (Wildman–Crippen MR) is 75.2 cm³/mol. The number of hydrogen-bond donors (Lipinski definition) is 0. The summed E-state index contributed by atoms with van der Waals surface area (Å²) in [6, 6.07) is 9.82. The summed E-state index contributed by atoms with van der Waals surface area (Å²) in [4.78, 5) is 6.57. The van der Waals surface area contributed by atoms with E-state index in [-0.39, 0.29) is 0 Å². The van der Waals surface area contributed by atoms with Crippen LogP contribution in [-0.4, -0.2) is 11.5 Å². The second kappa shape index (κ2) is 5.06. The number of fused-ring (bicyclic) bond motifs is 1. The van der Waals surface area contributed by atoms with E-state index in [0.717, 1.165) is 28.7 Å². The van der Waals surface area contributed by atoms with Gasteiger partial charge < -0.3 is 4.90 Å². The largest absolute Gasteiger partial charge is 0.416 e. The zero-order valence-corrected chi connectivity index (χ0v) is 11.6. The molecule has 0 fully saturated rings. The fourth-order valence-corrected chi connectivity index (χ4v) is 2.63. The van der Waals surface area contributed by atoms with Crippen molar-refractivity contribution in [3.05, 3.63) is 58.8 Å². The molecule has 2 heterocycles. The summed E-state index contributed by atoms with van der Waals surface area (Å²) < 4.78 is 38.2. The van der Waals surface area contributed by atoms with Crippen LogP contribution in [0.15, 0.2) is 36.4 Å². The number of hydrogen-bond acceptors (Lipinski definition) is 2. The van der Waals surface area contributed by atoms with Crippen LogP contribution in [0.3, 0.4) is 0 Å². The summed E-state index contributed by atoms with van der Waals surface area (Å²) >= 11 is 0. The Bertz CT molecular complexity index is 665. The quantitative estimate of drug-likeness (QED) is 0.790. The van der Waals surface area contributed by atoms with Crippen molar-refractivity contribution in [2.75, 3.05) is 11.4 Å². The molecule has 0 spiro atoms. The van der Waals surface area contributed by atoms with Crippen molar-refractivity contribution in [2.45, 2.75) is 26.1 Å². The van der Waals surface area contributed by atoms with Crippen molar-refractivity contribution in [1.29, 1.82) is 0 Å². The lowest BCUT2D eigenvalue weighted by Crippen LogP contribution is -2.31. The molecule has 0 atom stereocenters. The molecule has 110 valence electrons. The van der Waals surface area contributed by atoms with E-state index in [4.69, 9.17) is 0 Å². The van der Waals surface area contributed by atoms with E-state index in [2.05, 4.69) is 9.88 Å². The van der Waals surface area contributed by atoms with E-state index in [1.54, 1.807) is 6.07 Å². The van der Waals surface area contributed by atoms with Gasteiger partial charge in [0.2, 0.25) is 0 Å². The first-order chi connectivity index (χ1) is 9.93. The SMILES string of the molecule is Cc1cccc(N2CCc3cc(C(F)(F)F)ccc3C2)n1. The second-order valence-electron chi connectivity index (χ2n) is 5.29. The molecule has 0 N–H and O–H groups in total. The first-order valence-corrected chi connectivity index (χ1v) is 6.81. The Labute approximate surface area is 121 Å². The molecule has 1 aromatic heterocycles. The maximum atomic E-state index is 12.7. The Morgan fingerprint density at radius 1 is 1.10 bits per heavy atom. The number of rotatable bonds is 1. The minimum Gasteiger partial charge on any atom is -0.352 e. The van der Waals surface area contributed by atoms with Crippen molar-refractivity contribution < 1.29 is 13.2 Å². The summed E-state index contributed by atoms with van der Waals surface area (Å²) in [5.74, 6) is 0.876. The lowest BCUT2D eigenvalue weighted by Gasteiger charge is -2.30. The van der Waals surface area contributed by atoms with E-state index >= 15 is 0 Å². The predicted octanol–water partition coefficient (Wildman–Crippen LogP) is 3.97. The number of benzene rings is 1. The Balaban J connectivity index is 1.86. The van der Waals surface area contributed by atoms with Crippen LogP contribution in [0.25, 0.3) is 0 Å². The van der Waals surface area contributed by atoms with Gasteiger partial charge >= 0.3 is 6.18 Å². The van der Waals surface area contributed by atoms with Gasteiger partial charge in [-0.05, 0) is 48.7 Å². The van der Waals surface area contributed by atoms with Gasteiger partial charge in [0.25, 0.3) is 0 Å². The maximum absolute atomic E-state index is 12.7. The number of aromatic nitrogens is 1. The molecule has 0 amide bonds. The highest BCUT2D eigenvalue weighted by atomic mass is 19.4. The monoisotopic (exact) mass is 292 g/mol. The molecule has 0 bridgehead atoms. The molecule has 0 saturated carbocycles. The molecule has 2 nitrogen and oxygen atoms in total. The Morgan fingerprint density at radius 2 is 1.90 bits per heavy atom. The number of alkyl halides is 3. The van der Waals surface area contributed by atoms with Crippen LogP contribution >= 0.6 is 0 Å². The van der Waals surface area contributed by atoms with Crippen molar-refractivity contribution in [3.8, 4) is 0 Å². The standard InChI is InChI=1S/C16H15F3N2/c1-11-3-2-4-15(20-11)21-8-7-12-9-14(16(17,18)19)6-5-13(12)10-21/h2-6,9H,7-8,10H2,1H3. The fourth-order valence-electron chi connectivity index (χ4n) is 2.63. The topological polar surface area (TPSA) is 16.1 Å². The van der Waals surface area contributed by atoms with Crippen LogP contribution in [-0.2, 0) is 19.1 Å². The molecule has 3 rings (SSSR count). The molecule has 0 unspecified atom stereocenters. The van der Waals surface area contributed by atoms with Gasteiger partial charge in [-0.2, -0.15) is 13.2 Å². The molecular formula is C16H15F3N2. The molecule has 1 aliphatic heterocycles. The summed E-state index contributed by atoms with van der Waals surface area (Å²) in [6.45, 7) is 3.21. The Kier molecular flexibility index (Phi) is 3.35. The van der Waals surface area contributed by atoms with Gasteiger partial charge in [-0.15, -0.1) is 0 Å². The highest BCUT2D eigenvalue weighted by Crippen LogP contribution is 2.32. The highest BCUT2D eigenvalue weighted by molar-refractivity contribution is 5.45. The summed E-state index contributed by atoms with van der Waals surface area (Å²) in [5.41, 5.74) is 2.10. The number of nitrogens with zero attached hydrogens (tertiary/aromatic N) is 2. The third-order valence-electron chi connectivity index (χ3n) is 3.74. The first-order valence-electron chi connectivity index (χ1n) is 6.81. The van der Waals surface area contributed by atoms with Gasteiger partial charge in [0, 0.05) is 18.8 Å². The Hall–Kier alpha value is -2.04. The molecule has 0 saturated heterocycles. The second-order valence-corrected chi connectivity index (χ2v) is 5.29. The van der Waals surface area contributed by atoms with Crippen LogP contribution in [0.4, 0.5) is 19.0 Å². The summed E-state index contributed by atoms with van der Waals surface area (Å²) in [7, 11) is 0. The molecule has 0 radical (unpaired) electrons. The molecular weight excluding hydrogens is 277 g/mol. The van der Waals surface area contributed by atoms with Crippen molar-refractivity contribution in [1.82, 2.24) is 4.98 Å². The fraction of sp³-hybridized carbons (Fsp3) is 0.312. The van der Waals surface area contributed by atoms with Crippen LogP contribution in [0.5, 0.6) is 0 Å². The van der Waals surface area contributed by atoms with E-state index in [0.29, 0.717) is 19.5 Å². The van der Waals surface area contributed by atoms with Crippen LogP contribution in [0.1, 0.15) is 22.4 Å². The van der Waals surface area contributed by atoms with E-state index < -0.39 is 11.7 Å². The zero-order valence-electron chi connectivity index (χ0n) is 11.6. The number of aryl methyl sites for hydroxylation is 1. The zero-order chi connectivity index (χ0) is 15.0. The molecule has 1 aliphatic rings. The molecule has 21 heavy (non-hydrogen) atoms. The summed E-state index contributed by atoms with van der Waals surface area (Å²) in [5, 5.41) is 0. The molecule has 2 aromatic rings. The van der Waals surface area contributed by atoms with Crippen LogP contribution in [0, 0.1) is 6.92 Å². The van der Waals surface area contributed by atoms with E-state index in [1.165, 1.54) is 6.07 Å². The summed E-state index contributed by atoms with van der Waals surface area (Å²) in [6.07, 6.45) is -3.67. The van der Waals surface area contributed by atoms with Crippen molar-refractivity contribution >= 4 is 5.82 Å². The van der Waals surface area contributed by atoms with Crippen LogP contribution in [0.2, 0.25) is 0 Å². The third-order valence-corrected chi connectivity index (χ3v) is 3.74. The highest BCUT2D eigenvalue weighted by Gasteiger charge is 2.31. The average Bonchev–Trinajstić information content (AvgIpc) is 2.45. The van der Waals surface area contributed by atoms with Crippen LogP contribution < -0.4 is 4.90 Å². The molecule has 1 aromatic carbocycles.